The monoisotopic (exact) mass is 372 g/mol. The molecule has 116 valence electrons. The Kier molecular flexibility index (Phi) is 3.91. The molecule has 1 heterocycles. The lowest BCUT2D eigenvalue weighted by Gasteiger charge is -2.31. The van der Waals surface area contributed by atoms with Gasteiger partial charge in [-0.3, -0.25) is 0 Å². The van der Waals surface area contributed by atoms with Gasteiger partial charge in [0.05, 0.1) is 11.7 Å². The zero-order valence-electron chi connectivity index (χ0n) is 11.3. The summed E-state index contributed by atoms with van der Waals surface area (Å²) < 4.78 is 44.3. The summed E-state index contributed by atoms with van der Waals surface area (Å²) in [6.07, 6.45) is -5.17. The molecule has 3 rings (SSSR count). The molecular weight excluding hydrogens is 361 g/mol. The van der Waals surface area contributed by atoms with Gasteiger partial charge in [0.15, 0.2) is 0 Å². The lowest BCUT2D eigenvalue weighted by Crippen LogP contribution is -2.31. The van der Waals surface area contributed by atoms with E-state index in [-0.39, 0.29) is 6.61 Å². The molecule has 0 aliphatic carbocycles. The first-order valence-electron chi connectivity index (χ1n) is 6.64. The summed E-state index contributed by atoms with van der Waals surface area (Å²) in [7, 11) is 0. The molecule has 0 amide bonds. The molecule has 2 aromatic carbocycles. The fraction of sp³-hybridized carbons (Fsp3) is 0.250. The summed E-state index contributed by atoms with van der Waals surface area (Å²) in [5, 5.41) is 10.2. The molecule has 0 spiro atoms. The van der Waals surface area contributed by atoms with Gasteiger partial charge in [0.25, 0.3) is 0 Å². The molecule has 1 aliphatic rings. The van der Waals surface area contributed by atoms with E-state index in [9.17, 15) is 18.3 Å². The molecule has 6 heteroatoms. The molecule has 0 radical (unpaired) electrons. The largest absolute Gasteiger partial charge is 0.491 e. The Morgan fingerprint density at radius 1 is 1.09 bits per heavy atom. The van der Waals surface area contributed by atoms with Gasteiger partial charge in [0, 0.05) is 16.0 Å². The topological polar surface area (TPSA) is 29.5 Å². The Hall–Kier alpha value is -1.53. The maximum atomic E-state index is 12.6. The quantitative estimate of drug-likeness (QED) is 0.805. The fourth-order valence-electron chi connectivity index (χ4n) is 2.65. The minimum absolute atomic E-state index is 0.106. The molecule has 1 N–H and O–H groups in total. The Morgan fingerprint density at radius 2 is 1.77 bits per heavy atom. The second-order valence-electron chi connectivity index (χ2n) is 5.16. The zero-order chi connectivity index (χ0) is 15.9. The fourth-order valence-corrected chi connectivity index (χ4v) is 2.99. The van der Waals surface area contributed by atoms with Crippen LogP contribution in [-0.4, -0.2) is 17.8 Å². The molecule has 2 atom stereocenters. The highest BCUT2D eigenvalue weighted by molar-refractivity contribution is 9.10. The van der Waals surface area contributed by atoms with Crippen LogP contribution in [0.15, 0.2) is 46.9 Å². The van der Waals surface area contributed by atoms with Gasteiger partial charge < -0.3 is 9.84 Å². The van der Waals surface area contributed by atoms with E-state index in [1.807, 2.05) is 12.1 Å². The molecule has 1 aliphatic heterocycles. The summed E-state index contributed by atoms with van der Waals surface area (Å²) in [5.74, 6) is 0.226. The van der Waals surface area contributed by atoms with Crippen molar-refractivity contribution in [3.63, 3.8) is 0 Å². The number of aliphatic hydroxyl groups excluding tert-OH is 1. The van der Waals surface area contributed by atoms with Crippen molar-refractivity contribution in [2.24, 2.45) is 0 Å². The van der Waals surface area contributed by atoms with E-state index >= 15 is 0 Å². The molecule has 0 bridgehead atoms. The lowest BCUT2D eigenvalue weighted by atomic mass is 9.84. The molecule has 0 aromatic heterocycles. The molecule has 0 saturated carbocycles. The Morgan fingerprint density at radius 3 is 2.41 bits per heavy atom. The minimum Gasteiger partial charge on any atom is -0.491 e. The predicted octanol–water partition coefficient (Wildman–Crippen LogP) is 4.35. The first-order chi connectivity index (χ1) is 10.4. The van der Waals surface area contributed by atoms with Gasteiger partial charge in [0.2, 0.25) is 0 Å². The van der Waals surface area contributed by atoms with Crippen LogP contribution in [0.5, 0.6) is 5.75 Å². The van der Waals surface area contributed by atoms with Crippen LogP contribution in [-0.2, 0) is 6.18 Å². The Bertz CT molecular complexity index is 683. The van der Waals surface area contributed by atoms with Gasteiger partial charge in [-0.25, -0.2) is 0 Å². The first-order valence-corrected chi connectivity index (χ1v) is 7.43. The number of fused-ring (bicyclic) bond motifs is 1. The average Bonchev–Trinajstić information content (AvgIpc) is 2.47. The molecule has 1 unspecified atom stereocenters. The van der Waals surface area contributed by atoms with Crippen molar-refractivity contribution >= 4 is 15.9 Å². The van der Waals surface area contributed by atoms with E-state index in [4.69, 9.17) is 4.74 Å². The highest BCUT2D eigenvalue weighted by Gasteiger charge is 2.33. The number of rotatable bonds is 1. The summed E-state index contributed by atoms with van der Waals surface area (Å²) in [4.78, 5) is 0. The SMILES string of the molecule is O[C@H]1COc2cc(Br)ccc2C1c1ccc(C(F)(F)F)cc1. The van der Waals surface area contributed by atoms with Crippen LogP contribution in [0, 0.1) is 0 Å². The van der Waals surface area contributed by atoms with Crippen molar-refractivity contribution in [2.45, 2.75) is 18.2 Å². The van der Waals surface area contributed by atoms with Gasteiger partial charge in [-0.1, -0.05) is 34.1 Å². The van der Waals surface area contributed by atoms with E-state index in [1.54, 1.807) is 6.07 Å². The first kappa shape index (κ1) is 15.4. The van der Waals surface area contributed by atoms with E-state index in [0.717, 1.165) is 22.2 Å². The lowest BCUT2D eigenvalue weighted by molar-refractivity contribution is -0.137. The predicted molar refractivity (Wildman–Crippen MR) is 78.9 cm³/mol. The summed E-state index contributed by atoms with van der Waals surface area (Å²) in [6, 6.07) is 10.3. The normalized spacial score (nSPS) is 21.1. The number of aliphatic hydroxyl groups is 1. The molecule has 2 aromatic rings. The molecular formula is C16H12BrF3O2. The minimum atomic E-state index is -4.37. The number of hydrogen-bond acceptors (Lipinski definition) is 2. The van der Waals surface area contributed by atoms with Crippen LogP contribution >= 0.6 is 15.9 Å². The Balaban J connectivity index is 2.01. The van der Waals surface area contributed by atoms with Gasteiger partial charge >= 0.3 is 6.18 Å². The third-order valence-corrected chi connectivity index (χ3v) is 4.20. The second kappa shape index (κ2) is 5.59. The number of halogens is 4. The van der Waals surface area contributed by atoms with Crippen molar-refractivity contribution < 1.29 is 23.0 Å². The highest BCUT2D eigenvalue weighted by atomic mass is 79.9. The van der Waals surface area contributed by atoms with Crippen molar-refractivity contribution in [3.8, 4) is 5.75 Å². The van der Waals surface area contributed by atoms with Crippen LogP contribution in [0.1, 0.15) is 22.6 Å². The molecule has 22 heavy (non-hydrogen) atoms. The van der Waals surface area contributed by atoms with Crippen molar-refractivity contribution in [3.05, 3.63) is 63.6 Å². The standard InChI is InChI=1S/C16H12BrF3O2/c17-11-5-6-12-14(7-11)22-8-13(21)15(12)9-1-3-10(4-2-9)16(18,19)20/h1-7,13,15,21H,8H2/t13-,15?/m0/s1. The van der Waals surface area contributed by atoms with E-state index in [2.05, 4.69) is 15.9 Å². The third-order valence-electron chi connectivity index (χ3n) is 3.70. The van der Waals surface area contributed by atoms with Crippen LogP contribution in [0.2, 0.25) is 0 Å². The number of hydrogen-bond donors (Lipinski definition) is 1. The van der Waals surface area contributed by atoms with Crippen LogP contribution in [0.3, 0.4) is 0 Å². The van der Waals surface area contributed by atoms with Crippen LogP contribution in [0.4, 0.5) is 13.2 Å². The third kappa shape index (κ3) is 2.85. The highest BCUT2D eigenvalue weighted by Crippen LogP contribution is 2.40. The van der Waals surface area contributed by atoms with E-state index < -0.39 is 23.8 Å². The van der Waals surface area contributed by atoms with Gasteiger partial charge in [0.1, 0.15) is 12.4 Å². The van der Waals surface area contributed by atoms with Crippen molar-refractivity contribution in [1.82, 2.24) is 0 Å². The maximum absolute atomic E-state index is 12.6. The molecule has 0 fully saturated rings. The van der Waals surface area contributed by atoms with Gasteiger partial charge in [-0.2, -0.15) is 13.2 Å². The molecule has 2 nitrogen and oxygen atoms in total. The molecule has 0 saturated heterocycles. The van der Waals surface area contributed by atoms with Crippen molar-refractivity contribution in [1.29, 1.82) is 0 Å². The average molecular weight is 373 g/mol. The number of ether oxygens (including phenoxy) is 1. The Labute approximate surface area is 133 Å². The van der Waals surface area contributed by atoms with E-state index in [0.29, 0.717) is 11.3 Å². The van der Waals surface area contributed by atoms with Crippen LogP contribution in [0.25, 0.3) is 0 Å². The number of alkyl halides is 3. The maximum Gasteiger partial charge on any atom is 0.416 e. The number of benzene rings is 2. The van der Waals surface area contributed by atoms with Crippen LogP contribution < -0.4 is 4.74 Å². The van der Waals surface area contributed by atoms with Gasteiger partial charge in [-0.15, -0.1) is 0 Å². The summed E-state index contributed by atoms with van der Waals surface area (Å²) in [6.45, 7) is 0.106. The second-order valence-corrected chi connectivity index (χ2v) is 6.07. The summed E-state index contributed by atoms with van der Waals surface area (Å²) in [5.41, 5.74) is 0.697. The zero-order valence-corrected chi connectivity index (χ0v) is 12.9. The summed E-state index contributed by atoms with van der Waals surface area (Å²) >= 11 is 3.35. The van der Waals surface area contributed by atoms with Crippen molar-refractivity contribution in [2.75, 3.05) is 6.61 Å². The van der Waals surface area contributed by atoms with E-state index in [1.165, 1.54) is 12.1 Å². The van der Waals surface area contributed by atoms with Gasteiger partial charge in [-0.05, 0) is 29.8 Å². The smallest absolute Gasteiger partial charge is 0.416 e.